The van der Waals surface area contributed by atoms with Gasteiger partial charge in [-0.25, -0.2) is 9.18 Å². The third-order valence-electron chi connectivity index (χ3n) is 2.36. The molecule has 0 unspecified atom stereocenters. The van der Waals surface area contributed by atoms with Crippen molar-refractivity contribution in [3.8, 4) is 5.75 Å². The van der Waals surface area contributed by atoms with E-state index in [0.717, 1.165) is 12.1 Å². The van der Waals surface area contributed by atoms with E-state index in [0.29, 0.717) is 0 Å². The lowest BCUT2D eigenvalue weighted by Gasteiger charge is -2.23. The van der Waals surface area contributed by atoms with Gasteiger partial charge in [-0.05, 0) is 35.0 Å². The van der Waals surface area contributed by atoms with Gasteiger partial charge in [0.15, 0.2) is 0 Å². The van der Waals surface area contributed by atoms with Gasteiger partial charge in [-0.15, -0.1) is 0 Å². The molecule has 0 fully saturated rings. The van der Waals surface area contributed by atoms with E-state index in [1.54, 1.807) is 0 Å². The lowest BCUT2D eigenvalue weighted by molar-refractivity contribution is -0.175. The van der Waals surface area contributed by atoms with Crippen LogP contribution in [0.5, 0.6) is 5.75 Å². The Morgan fingerprint density at radius 3 is 2.68 bits per heavy atom. The first-order chi connectivity index (χ1) is 8.73. The summed E-state index contributed by atoms with van der Waals surface area (Å²) < 4.78 is 45.0. The van der Waals surface area contributed by atoms with Gasteiger partial charge in [0, 0.05) is 0 Å². The third-order valence-corrected chi connectivity index (χ3v) is 3.00. The summed E-state index contributed by atoms with van der Waals surface area (Å²) in [6.45, 7) is 1.07. The van der Waals surface area contributed by atoms with Gasteiger partial charge in [-0.3, -0.25) is 0 Å². The van der Waals surface area contributed by atoms with Crippen LogP contribution in [0.25, 0.3) is 0 Å². The average Bonchev–Trinajstić information content (AvgIpc) is 2.34. The number of hydrogen-bond donors (Lipinski definition) is 2. The smallest absolute Gasteiger partial charge is 0.379 e. The second kappa shape index (κ2) is 5.79. The highest BCUT2D eigenvalue weighted by molar-refractivity contribution is 9.10. The molecule has 1 atom stereocenters. The van der Waals surface area contributed by atoms with Crippen LogP contribution in [0.1, 0.15) is 18.5 Å². The van der Waals surface area contributed by atoms with E-state index in [2.05, 4.69) is 20.7 Å². The van der Waals surface area contributed by atoms with Crippen LogP contribution >= 0.6 is 15.9 Å². The second-order valence-electron chi connectivity index (χ2n) is 3.61. The number of aromatic hydroxyl groups is 1. The van der Waals surface area contributed by atoms with Crippen molar-refractivity contribution in [1.82, 2.24) is 0 Å². The van der Waals surface area contributed by atoms with Crippen LogP contribution in [0, 0.1) is 5.82 Å². The topological polar surface area (TPSA) is 72.5 Å². The van der Waals surface area contributed by atoms with Crippen molar-refractivity contribution in [2.24, 2.45) is 5.73 Å². The predicted octanol–water partition coefficient (Wildman–Crippen LogP) is 2.49. The second-order valence-corrected chi connectivity index (χ2v) is 4.47. The normalized spacial score (nSPS) is 13.2. The van der Waals surface area contributed by atoms with Crippen molar-refractivity contribution < 1.29 is 27.8 Å². The Bertz CT molecular complexity index is 496. The molecule has 4 nitrogen and oxygen atoms in total. The fourth-order valence-corrected chi connectivity index (χ4v) is 1.73. The monoisotopic (exact) mass is 341 g/mol. The van der Waals surface area contributed by atoms with Crippen LogP contribution in [0.4, 0.5) is 13.2 Å². The summed E-state index contributed by atoms with van der Waals surface area (Å²) in [7, 11) is 0. The molecular weight excluding hydrogens is 331 g/mol. The van der Waals surface area contributed by atoms with Gasteiger partial charge in [0.1, 0.15) is 17.6 Å². The molecule has 1 aromatic rings. The fourth-order valence-electron chi connectivity index (χ4n) is 1.39. The lowest BCUT2D eigenvalue weighted by Crippen LogP contribution is -2.42. The molecule has 0 saturated heterocycles. The quantitative estimate of drug-likeness (QED) is 0.825. The zero-order chi connectivity index (χ0) is 14.8. The van der Waals surface area contributed by atoms with E-state index in [9.17, 15) is 23.1 Å². The number of benzene rings is 1. The van der Waals surface area contributed by atoms with Gasteiger partial charge < -0.3 is 15.6 Å². The summed E-state index contributed by atoms with van der Waals surface area (Å²) in [6, 6.07) is -0.382. The predicted molar refractivity (Wildman–Crippen MR) is 64.3 cm³/mol. The van der Waals surface area contributed by atoms with Crippen LogP contribution in [-0.4, -0.2) is 23.6 Å². The average molecular weight is 342 g/mol. The lowest BCUT2D eigenvalue weighted by atomic mass is 10.00. The van der Waals surface area contributed by atoms with E-state index < -0.39 is 35.1 Å². The number of ether oxygens (including phenoxy) is 1. The molecule has 8 heteroatoms. The number of carbonyl (C=O) groups excluding carboxylic acids is 1. The van der Waals surface area contributed by atoms with E-state index >= 15 is 0 Å². The van der Waals surface area contributed by atoms with Crippen molar-refractivity contribution in [2.75, 3.05) is 6.61 Å². The molecule has 0 spiro atoms. The van der Waals surface area contributed by atoms with Gasteiger partial charge in [0.2, 0.25) is 0 Å². The summed E-state index contributed by atoms with van der Waals surface area (Å²) in [4.78, 5) is 11.1. The van der Waals surface area contributed by atoms with E-state index in [1.165, 1.54) is 6.92 Å². The van der Waals surface area contributed by atoms with E-state index in [1.807, 2.05) is 0 Å². The zero-order valence-corrected chi connectivity index (χ0v) is 11.4. The molecule has 0 aliphatic heterocycles. The minimum Gasteiger partial charge on any atom is -0.506 e. The summed E-state index contributed by atoms with van der Waals surface area (Å²) in [5.41, 5.74) is 4.35. The highest BCUT2D eigenvalue weighted by Crippen LogP contribution is 2.39. The maximum atomic E-state index is 13.7. The Morgan fingerprint density at radius 2 is 2.16 bits per heavy atom. The highest BCUT2D eigenvalue weighted by Gasteiger charge is 2.49. The summed E-state index contributed by atoms with van der Waals surface area (Å²) >= 11 is 2.85. The molecule has 0 aliphatic carbocycles. The van der Waals surface area contributed by atoms with E-state index in [4.69, 9.17) is 5.73 Å². The first-order valence-electron chi connectivity index (χ1n) is 5.20. The van der Waals surface area contributed by atoms with Crippen LogP contribution < -0.4 is 5.73 Å². The van der Waals surface area contributed by atoms with Gasteiger partial charge in [-0.2, -0.15) is 8.78 Å². The summed E-state index contributed by atoms with van der Waals surface area (Å²) in [6.07, 6.45) is 0. The number of alkyl halides is 2. The number of phenols is 1. The molecule has 1 aromatic carbocycles. The fraction of sp³-hybridized carbons (Fsp3) is 0.364. The molecule has 0 saturated carbocycles. The molecule has 3 N–H and O–H groups in total. The number of carbonyl (C=O) groups is 1. The molecule has 0 heterocycles. The molecular formula is C11H11BrF3NO3. The third kappa shape index (κ3) is 3.01. The van der Waals surface area contributed by atoms with Crippen LogP contribution in [0.3, 0.4) is 0 Å². The maximum absolute atomic E-state index is 13.7. The minimum absolute atomic E-state index is 0.0148. The van der Waals surface area contributed by atoms with Crippen LogP contribution in [-0.2, 0) is 9.53 Å². The van der Waals surface area contributed by atoms with Crippen LogP contribution in [0.2, 0.25) is 0 Å². The van der Waals surface area contributed by atoms with Gasteiger partial charge in [0.05, 0.1) is 16.6 Å². The van der Waals surface area contributed by atoms with E-state index in [-0.39, 0.29) is 11.1 Å². The molecule has 19 heavy (non-hydrogen) atoms. The standard InChI is InChI=1S/C11H11BrF3NO3/c1-2-19-10(18)11(14,15)9(16)7-6(13)4-3-5(12)8(7)17/h3-4,9,17H,2,16H2,1H3/t9-/m0/s1. The molecule has 0 amide bonds. The van der Waals surface area contributed by atoms with Crippen LogP contribution in [0.15, 0.2) is 16.6 Å². The first-order valence-corrected chi connectivity index (χ1v) is 6.00. The number of rotatable bonds is 4. The van der Waals surface area contributed by atoms with Gasteiger partial charge in [0.25, 0.3) is 0 Å². The molecule has 0 aliphatic rings. The molecule has 1 rings (SSSR count). The molecule has 0 radical (unpaired) electrons. The van der Waals surface area contributed by atoms with Crippen molar-refractivity contribution >= 4 is 21.9 Å². The molecule has 106 valence electrons. The summed E-state index contributed by atoms with van der Waals surface area (Å²) in [5.74, 6) is -7.95. The first kappa shape index (κ1) is 15.8. The Balaban J connectivity index is 3.23. The minimum atomic E-state index is -4.16. The number of phenolic OH excluding ortho intramolecular Hbond substituents is 1. The van der Waals surface area contributed by atoms with Crippen molar-refractivity contribution in [2.45, 2.75) is 18.9 Å². The Hall–Kier alpha value is -1.28. The zero-order valence-electron chi connectivity index (χ0n) is 9.79. The summed E-state index contributed by atoms with van der Waals surface area (Å²) in [5, 5.41) is 9.57. The molecule has 0 aromatic heterocycles. The van der Waals surface area contributed by atoms with Crippen molar-refractivity contribution in [3.05, 3.63) is 28.0 Å². The van der Waals surface area contributed by atoms with Gasteiger partial charge >= 0.3 is 11.9 Å². The Kier molecular flexibility index (Phi) is 4.81. The Labute approximate surface area is 115 Å². The number of halogens is 4. The Morgan fingerprint density at radius 1 is 1.58 bits per heavy atom. The highest BCUT2D eigenvalue weighted by atomic mass is 79.9. The maximum Gasteiger partial charge on any atom is 0.379 e. The van der Waals surface area contributed by atoms with Crippen molar-refractivity contribution in [3.63, 3.8) is 0 Å². The number of nitrogens with two attached hydrogens (primary N) is 1. The largest absolute Gasteiger partial charge is 0.506 e. The van der Waals surface area contributed by atoms with Gasteiger partial charge in [-0.1, -0.05) is 0 Å². The van der Waals surface area contributed by atoms with Crippen molar-refractivity contribution in [1.29, 1.82) is 0 Å². The SMILES string of the molecule is CCOC(=O)C(F)(F)[C@@H](N)c1c(F)ccc(Br)c1O. The number of hydrogen-bond acceptors (Lipinski definition) is 4. The number of esters is 1. The molecule has 0 bridgehead atoms.